The number of benzene rings is 2. The summed E-state index contributed by atoms with van der Waals surface area (Å²) in [5.74, 6) is 1.56. The van der Waals surface area contributed by atoms with Gasteiger partial charge in [0, 0.05) is 23.3 Å². The van der Waals surface area contributed by atoms with E-state index in [1.165, 1.54) is 33.5 Å². The summed E-state index contributed by atoms with van der Waals surface area (Å²) in [6, 6.07) is 7.94. The van der Waals surface area contributed by atoms with E-state index < -0.39 is 0 Å². The van der Waals surface area contributed by atoms with Gasteiger partial charge < -0.3 is 24.1 Å². The molecule has 0 radical (unpaired) electrons. The Labute approximate surface area is 145 Å². The van der Waals surface area contributed by atoms with Gasteiger partial charge in [-0.25, -0.2) is 0 Å². The number of phenolic OH excluding ortho intramolecular Hbond substituents is 1. The number of methoxy groups -OCH3 is 3. The lowest BCUT2D eigenvalue weighted by molar-refractivity contribution is 0.105. The van der Waals surface area contributed by atoms with Crippen molar-refractivity contribution in [2.75, 3.05) is 27.9 Å². The fourth-order valence-electron chi connectivity index (χ4n) is 2.71. The lowest BCUT2D eigenvalue weighted by Gasteiger charge is -2.20. The van der Waals surface area contributed by atoms with Crippen LogP contribution in [0.5, 0.6) is 28.7 Å². The van der Waals surface area contributed by atoms with E-state index in [0.29, 0.717) is 34.1 Å². The van der Waals surface area contributed by atoms with E-state index in [1.807, 2.05) is 0 Å². The third kappa shape index (κ3) is 2.98. The molecule has 0 fully saturated rings. The van der Waals surface area contributed by atoms with Crippen molar-refractivity contribution in [3.05, 3.63) is 47.5 Å². The van der Waals surface area contributed by atoms with E-state index in [2.05, 4.69) is 0 Å². The van der Waals surface area contributed by atoms with Crippen LogP contribution in [0.2, 0.25) is 0 Å². The van der Waals surface area contributed by atoms with E-state index >= 15 is 0 Å². The van der Waals surface area contributed by atoms with Crippen LogP contribution in [0.25, 0.3) is 5.57 Å². The van der Waals surface area contributed by atoms with Gasteiger partial charge in [0.05, 0.1) is 26.9 Å². The average Bonchev–Trinajstić information content (AvgIpc) is 2.65. The number of allylic oxidation sites excluding steroid dienone is 1. The average molecular weight is 342 g/mol. The van der Waals surface area contributed by atoms with Gasteiger partial charge in [-0.1, -0.05) is 0 Å². The summed E-state index contributed by atoms with van der Waals surface area (Å²) >= 11 is 0. The Bertz CT molecular complexity index is 853. The van der Waals surface area contributed by atoms with E-state index in [9.17, 15) is 9.90 Å². The molecule has 0 bridgehead atoms. The second kappa shape index (κ2) is 6.76. The fourth-order valence-corrected chi connectivity index (χ4v) is 2.71. The van der Waals surface area contributed by atoms with Crippen LogP contribution >= 0.6 is 0 Å². The highest BCUT2D eigenvalue weighted by molar-refractivity contribution is 6.30. The summed E-state index contributed by atoms with van der Waals surface area (Å²) in [4.78, 5) is 12.9. The minimum atomic E-state index is -0.308. The number of Topliss-reactive ketones (excluding diaryl/α,β-unsaturated/α-hetero) is 1. The molecule has 6 nitrogen and oxygen atoms in total. The lowest BCUT2D eigenvalue weighted by atomic mass is 9.93. The highest BCUT2D eigenvalue weighted by Crippen LogP contribution is 2.41. The third-order valence-corrected chi connectivity index (χ3v) is 4.00. The van der Waals surface area contributed by atoms with Crippen molar-refractivity contribution >= 4 is 11.4 Å². The standard InChI is InChI=1S/C19H18O6/c1-22-11-4-5-13(15(20)8-11)19(21)12-6-7-25-16-10-18(24-3)17(23-2)9-14(12)16/h4-6,8-10,20H,7H2,1-3H3. The second-order valence-electron chi connectivity index (χ2n) is 5.34. The quantitative estimate of drug-likeness (QED) is 0.842. The number of phenols is 1. The summed E-state index contributed by atoms with van der Waals surface area (Å²) in [7, 11) is 4.55. The van der Waals surface area contributed by atoms with Crippen molar-refractivity contribution in [2.45, 2.75) is 0 Å². The van der Waals surface area contributed by atoms with Crippen LogP contribution in [0.4, 0.5) is 0 Å². The topological polar surface area (TPSA) is 74.2 Å². The molecule has 1 heterocycles. The number of carbonyl (C=O) groups is 1. The van der Waals surface area contributed by atoms with Gasteiger partial charge in [-0.3, -0.25) is 4.79 Å². The van der Waals surface area contributed by atoms with Crippen molar-refractivity contribution < 1.29 is 28.8 Å². The number of hydrogen-bond donors (Lipinski definition) is 1. The summed E-state index contributed by atoms with van der Waals surface area (Å²) in [5, 5.41) is 10.2. The summed E-state index contributed by atoms with van der Waals surface area (Å²) < 4.78 is 21.2. The van der Waals surface area contributed by atoms with Crippen LogP contribution in [0.1, 0.15) is 15.9 Å². The molecule has 0 unspecified atom stereocenters. The van der Waals surface area contributed by atoms with Gasteiger partial charge in [-0.2, -0.15) is 0 Å². The Balaban J connectivity index is 2.05. The van der Waals surface area contributed by atoms with Crippen LogP contribution in [-0.2, 0) is 0 Å². The minimum absolute atomic E-state index is 0.140. The first-order valence-electron chi connectivity index (χ1n) is 7.60. The molecule has 0 aliphatic carbocycles. The number of fused-ring (bicyclic) bond motifs is 1. The number of carbonyl (C=O) groups excluding carboxylic acids is 1. The molecule has 1 aliphatic rings. The second-order valence-corrected chi connectivity index (χ2v) is 5.34. The van der Waals surface area contributed by atoms with E-state index in [-0.39, 0.29) is 23.7 Å². The minimum Gasteiger partial charge on any atom is -0.507 e. The molecule has 2 aromatic rings. The molecule has 25 heavy (non-hydrogen) atoms. The Hall–Kier alpha value is -3.15. The highest BCUT2D eigenvalue weighted by atomic mass is 16.5. The summed E-state index contributed by atoms with van der Waals surface area (Å²) in [6.45, 7) is 0.250. The van der Waals surface area contributed by atoms with Crippen molar-refractivity contribution in [3.63, 3.8) is 0 Å². The maximum Gasteiger partial charge on any atom is 0.197 e. The first-order valence-corrected chi connectivity index (χ1v) is 7.60. The Kier molecular flexibility index (Phi) is 4.52. The monoisotopic (exact) mass is 342 g/mol. The molecule has 0 saturated heterocycles. The first-order chi connectivity index (χ1) is 12.1. The first kappa shape index (κ1) is 16.7. The van der Waals surface area contributed by atoms with E-state index in [0.717, 1.165) is 0 Å². The Morgan fingerprint density at radius 3 is 2.40 bits per heavy atom. The Morgan fingerprint density at radius 1 is 1.04 bits per heavy atom. The zero-order valence-electron chi connectivity index (χ0n) is 14.2. The molecule has 6 heteroatoms. The van der Waals surface area contributed by atoms with Gasteiger partial charge in [-0.05, 0) is 24.3 Å². The van der Waals surface area contributed by atoms with E-state index in [4.69, 9.17) is 18.9 Å². The molecule has 0 spiro atoms. The molecule has 0 atom stereocenters. The molecular weight excluding hydrogens is 324 g/mol. The number of rotatable bonds is 5. The fraction of sp³-hybridized carbons (Fsp3) is 0.211. The van der Waals surface area contributed by atoms with Gasteiger partial charge in [0.15, 0.2) is 17.3 Å². The zero-order chi connectivity index (χ0) is 18.0. The highest BCUT2D eigenvalue weighted by Gasteiger charge is 2.25. The molecule has 2 aromatic carbocycles. The predicted octanol–water partition coefficient (Wildman–Crippen LogP) is 3.08. The van der Waals surface area contributed by atoms with Crippen molar-refractivity contribution in [2.24, 2.45) is 0 Å². The van der Waals surface area contributed by atoms with E-state index in [1.54, 1.807) is 24.3 Å². The molecule has 1 aliphatic heterocycles. The molecule has 0 aromatic heterocycles. The molecule has 0 saturated carbocycles. The molecular formula is C19H18O6. The molecule has 0 amide bonds. The van der Waals surface area contributed by atoms with Gasteiger partial charge in [-0.15, -0.1) is 0 Å². The summed E-state index contributed by atoms with van der Waals surface area (Å²) in [6.07, 6.45) is 1.68. The predicted molar refractivity (Wildman–Crippen MR) is 92.0 cm³/mol. The zero-order valence-corrected chi connectivity index (χ0v) is 14.2. The summed E-state index contributed by atoms with van der Waals surface area (Å²) in [5.41, 5.74) is 1.21. The van der Waals surface area contributed by atoms with Crippen LogP contribution in [0, 0.1) is 0 Å². The van der Waals surface area contributed by atoms with Gasteiger partial charge in [0.2, 0.25) is 0 Å². The van der Waals surface area contributed by atoms with Crippen LogP contribution < -0.4 is 18.9 Å². The largest absolute Gasteiger partial charge is 0.507 e. The van der Waals surface area contributed by atoms with Crippen molar-refractivity contribution in [1.82, 2.24) is 0 Å². The van der Waals surface area contributed by atoms with Gasteiger partial charge in [0.1, 0.15) is 23.9 Å². The number of ether oxygens (including phenoxy) is 4. The maximum atomic E-state index is 12.9. The van der Waals surface area contributed by atoms with Crippen LogP contribution in [0.15, 0.2) is 36.4 Å². The lowest BCUT2D eigenvalue weighted by Crippen LogP contribution is -2.12. The number of ketones is 1. The van der Waals surface area contributed by atoms with Crippen molar-refractivity contribution in [3.8, 4) is 28.7 Å². The van der Waals surface area contributed by atoms with Crippen molar-refractivity contribution in [1.29, 1.82) is 0 Å². The molecule has 130 valence electrons. The molecule has 3 rings (SSSR count). The molecule has 1 N–H and O–H groups in total. The van der Waals surface area contributed by atoms with Gasteiger partial charge in [0.25, 0.3) is 0 Å². The van der Waals surface area contributed by atoms with Crippen LogP contribution in [0.3, 0.4) is 0 Å². The maximum absolute atomic E-state index is 12.9. The van der Waals surface area contributed by atoms with Crippen LogP contribution in [-0.4, -0.2) is 38.8 Å². The SMILES string of the molecule is COc1ccc(C(=O)C2=CCOc3cc(OC)c(OC)cc32)c(O)c1. The smallest absolute Gasteiger partial charge is 0.197 e. The number of aromatic hydroxyl groups is 1. The van der Waals surface area contributed by atoms with Gasteiger partial charge >= 0.3 is 0 Å². The number of hydrogen-bond acceptors (Lipinski definition) is 6. The normalized spacial score (nSPS) is 12.5. The Morgan fingerprint density at radius 2 is 1.76 bits per heavy atom. The third-order valence-electron chi connectivity index (χ3n) is 4.00.